The van der Waals surface area contributed by atoms with Crippen LogP contribution in [0.1, 0.15) is 27.8 Å². The lowest BCUT2D eigenvalue weighted by Gasteiger charge is -2.12. The minimum atomic E-state index is 0.819. The van der Waals surface area contributed by atoms with Gasteiger partial charge in [-0.25, -0.2) is 0 Å². The SMILES string of the molecule is Cc1cc(C)c(Cc2cnccc2N)c(C)c1. The van der Waals surface area contributed by atoms with Gasteiger partial charge >= 0.3 is 0 Å². The molecular weight excluding hydrogens is 208 g/mol. The van der Waals surface area contributed by atoms with Crippen molar-refractivity contribution < 1.29 is 0 Å². The van der Waals surface area contributed by atoms with Gasteiger partial charge in [-0.05, 0) is 49.1 Å². The molecule has 0 unspecified atom stereocenters. The van der Waals surface area contributed by atoms with Crippen LogP contribution in [-0.2, 0) is 6.42 Å². The summed E-state index contributed by atoms with van der Waals surface area (Å²) in [6, 6.07) is 6.29. The predicted molar refractivity (Wildman–Crippen MR) is 72.1 cm³/mol. The number of anilines is 1. The fourth-order valence-corrected chi connectivity index (χ4v) is 2.26. The van der Waals surface area contributed by atoms with Crippen LogP contribution in [0.2, 0.25) is 0 Å². The lowest BCUT2D eigenvalue weighted by Crippen LogP contribution is -2.00. The standard InChI is InChI=1S/C15H18N2/c1-10-6-11(2)14(12(3)7-10)8-13-9-17-5-4-15(13)16/h4-7,9H,8H2,1-3H3,(H2,16,17). The number of nitrogens with two attached hydrogens (primary N) is 1. The number of pyridine rings is 1. The van der Waals surface area contributed by atoms with Gasteiger partial charge in [0.25, 0.3) is 0 Å². The average molecular weight is 226 g/mol. The molecule has 0 radical (unpaired) electrons. The summed E-state index contributed by atoms with van der Waals surface area (Å²) in [5.74, 6) is 0. The molecule has 2 nitrogen and oxygen atoms in total. The first-order valence-corrected chi connectivity index (χ1v) is 5.83. The molecule has 0 saturated heterocycles. The molecule has 2 heteroatoms. The zero-order chi connectivity index (χ0) is 12.4. The first-order valence-electron chi connectivity index (χ1n) is 5.83. The van der Waals surface area contributed by atoms with Crippen LogP contribution in [0, 0.1) is 20.8 Å². The van der Waals surface area contributed by atoms with Crippen molar-refractivity contribution >= 4 is 5.69 Å². The lowest BCUT2D eigenvalue weighted by atomic mass is 9.94. The van der Waals surface area contributed by atoms with E-state index in [4.69, 9.17) is 5.73 Å². The quantitative estimate of drug-likeness (QED) is 0.854. The predicted octanol–water partition coefficient (Wildman–Crippen LogP) is 3.18. The van der Waals surface area contributed by atoms with Crippen molar-refractivity contribution in [2.45, 2.75) is 27.2 Å². The molecule has 0 amide bonds. The van der Waals surface area contributed by atoms with Crippen LogP contribution in [0.3, 0.4) is 0 Å². The summed E-state index contributed by atoms with van der Waals surface area (Å²) in [5.41, 5.74) is 13.2. The number of benzene rings is 1. The number of nitrogens with zero attached hydrogens (tertiary/aromatic N) is 1. The van der Waals surface area contributed by atoms with Gasteiger partial charge in [0, 0.05) is 24.5 Å². The van der Waals surface area contributed by atoms with Gasteiger partial charge in [-0.15, -0.1) is 0 Å². The van der Waals surface area contributed by atoms with E-state index < -0.39 is 0 Å². The largest absolute Gasteiger partial charge is 0.398 e. The lowest BCUT2D eigenvalue weighted by molar-refractivity contribution is 1.09. The second-order valence-corrected chi connectivity index (χ2v) is 4.63. The van der Waals surface area contributed by atoms with E-state index in [1.807, 2.05) is 12.3 Å². The first kappa shape index (κ1) is 11.6. The molecule has 1 aromatic heterocycles. The van der Waals surface area contributed by atoms with Gasteiger partial charge in [-0.3, -0.25) is 4.98 Å². The van der Waals surface area contributed by atoms with Crippen LogP contribution in [0.4, 0.5) is 5.69 Å². The van der Waals surface area contributed by atoms with E-state index in [0.717, 1.165) is 17.7 Å². The minimum absolute atomic E-state index is 0.819. The van der Waals surface area contributed by atoms with Gasteiger partial charge < -0.3 is 5.73 Å². The van der Waals surface area contributed by atoms with Crippen LogP contribution in [0.15, 0.2) is 30.6 Å². The summed E-state index contributed by atoms with van der Waals surface area (Å²) in [5, 5.41) is 0. The van der Waals surface area contributed by atoms with Gasteiger partial charge in [-0.2, -0.15) is 0 Å². The van der Waals surface area contributed by atoms with Crippen LogP contribution in [-0.4, -0.2) is 4.98 Å². The second kappa shape index (κ2) is 4.58. The molecule has 0 aliphatic heterocycles. The van der Waals surface area contributed by atoms with E-state index in [1.165, 1.54) is 22.3 Å². The van der Waals surface area contributed by atoms with E-state index in [-0.39, 0.29) is 0 Å². The van der Waals surface area contributed by atoms with Gasteiger partial charge in [-0.1, -0.05) is 17.7 Å². The fraction of sp³-hybridized carbons (Fsp3) is 0.267. The van der Waals surface area contributed by atoms with E-state index in [1.54, 1.807) is 6.20 Å². The molecule has 0 saturated carbocycles. The highest BCUT2D eigenvalue weighted by molar-refractivity contribution is 5.49. The Morgan fingerprint density at radius 2 is 1.76 bits per heavy atom. The molecule has 0 spiro atoms. The molecule has 1 aromatic carbocycles. The third-order valence-corrected chi connectivity index (χ3v) is 3.15. The Hall–Kier alpha value is -1.83. The monoisotopic (exact) mass is 226 g/mol. The molecular formula is C15H18N2. The van der Waals surface area contributed by atoms with Crippen molar-refractivity contribution in [2.75, 3.05) is 5.73 Å². The van der Waals surface area contributed by atoms with Crippen LogP contribution >= 0.6 is 0 Å². The average Bonchev–Trinajstić information content (AvgIpc) is 2.25. The molecule has 1 heterocycles. The Bertz CT molecular complexity index is 521. The fourth-order valence-electron chi connectivity index (χ4n) is 2.26. The molecule has 2 N–H and O–H groups in total. The van der Waals surface area contributed by atoms with Gasteiger partial charge in [0.2, 0.25) is 0 Å². The highest BCUT2D eigenvalue weighted by atomic mass is 14.7. The highest BCUT2D eigenvalue weighted by Gasteiger charge is 2.07. The maximum Gasteiger partial charge on any atom is 0.0380 e. The molecule has 0 fully saturated rings. The summed E-state index contributed by atoms with van der Waals surface area (Å²) in [4.78, 5) is 4.14. The third kappa shape index (κ3) is 2.47. The van der Waals surface area contributed by atoms with E-state index in [2.05, 4.69) is 37.9 Å². The van der Waals surface area contributed by atoms with E-state index >= 15 is 0 Å². The van der Waals surface area contributed by atoms with Crippen LogP contribution in [0.5, 0.6) is 0 Å². The van der Waals surface area contributed by atoms with Gasteiger partial charge in [0.1, 0.15) is 0 Å². The van der Waals surface area contributed by atoms with Crippen LogP contribution in [0.25, 0.3) is 0 Å². The molecule has 0 aliphatic carbocycles. The summed E-state index contributed by atoms with van der Waals surface area (Å²) < 4.78 is 0. The molecule has 2 rings (SSSR count). The zero-order valence-electron chi connectivity index (χ0n) is 10.6. The maximum atomic E-state index is 5.96. The first-order chi connectivity index (χ1) is 8.08. The van der Waals surface area contributed by atoms with E-state index in [0.29, 0.717) is 0 Å². The van der Waals surface area contributed by atoms with Crippen LogP contribution < -0.4 is 5.73 Å². The molecule has 2 aromatic rings. The Morgan fingerprint density at radius 3 is 2.35 bits per heavy atom. The maximum absolute atomic E-state index is 5.96. The normalized spacial score (nSPS) is 10.5. The topological polar surface area (TPSA) is 38.9 Å². The third-order valence-electron chi connectivity index (χ3n) is 3.15. The summed E-state index contributed by atoms with van der Waals surface area (Å²) in [6.45, 7) is 6.44. The van der Waals surface area contributed by atoms with Gasteiger partial charge in [0.15, 0.2) is 0 Å². The summed E-state index contributed by atoms with van der Waals surface area (Å²) >= 11 is 0. The molecule has 17 heavy (non-hydrogen) atoms. The van der Waals surface area contributed by atoms with Crippen molar-refractivity contribution in [3.8, 4) is 0 Å². The Balaban J connectivity index is 2.40. The second-order valence-electron chi connectivity index (χ2n) is 4.63. The highest BCUT2D eigenvalue weighted by Crippen LogP contribution is 2.22. The molecule has 0 bridgehead atoms. The number of hydrogen-bond donors (Lipinski definition) is 1. The zero-order valence-corrected chi connectivity index (χ0v) is 10.6. The van der Waals surface area contributed by atoms with Crippen molar-refractivity contribution in [3.63, 3.8) is 0 Å². The summed E-state index contributed by atoms with van der Waals surface area (Å²) in [7, 11) is 0. The van der Waals surface area contributed by atoms with E-state index in [9.17, 15) is 0 Å². The Labute approximate surface area is 103 Å². The number of aryl methyl sites for hydroxylation is 3. The number of rotatable bonds is 2. The minimum Gasteiger partial charge on any atom is -0.398 e. The number of hydrogen-bond acceptors (Lipinski definition) is 2. The van der Waals surface area contributed by atoms with Crippen molar-refractivity contribution in [1.29, 1.82) is 0 Å². The number of nitrogen functional groups attached to an aromatic ring is 1. The van der Waals surface area contributed by atoms with Crippen molar-refractivity contribution in [3.05, 3.63) is 58.4 Å². The van der Waals surface area contributed by atoms with Crippen molar-refractivity contribution in [1.82, 2.24) is 4.98 Å². The Morgan fingerprint density at radius 1 is 1.12 bits per heavy atom. The molecule has 88 valence electrons. The molecule has 0 aliphatic rings. The summed E-state index contributed by atoms with van der Waals surface area (Å²) in [6.07, 6.45) is 4.44. The number of aromatic nitrogens is 1. The van der Waals surface area contributed by atoms with Gasteiger partial charge in [0.05, 0.1) is 0 Å². The smallest absolute Gasteiger partial charge is 0.0380 e. The molecule has 0 atom stereocenters. The van der Waals surface area contributed by atoms with Crippen molar-refractivity contribution in [2.24, 2.45) is 0 Å². The Kier molecular flexibility index (Phi) is 3.14.